The normalized spacial score (nSPS) is 23.4. The van der Waals surface area contributed by atoms with Gasteiger partial charge >= 0.3 is 5.97 Å². The van der Waals surface area contributed by atoms with E-state index < -0.39 is 12.2 Å². The Bertz CT molecular complexity index is 681. The van der Waals surface area contributed by atoms with Crippen molar-refractivity contribution in [3.8, 4) is 0 Å². The summed E-state index contributed by atoms with van der Waals surface area (Å²) in [5.41, 5.74) is 1.22. The molecule has 0 amide bonds. The Labute approximate surface area is 184 Å². The highest BCUT2D eigenvalue weighted by atomic mass is 32.1. The van der Waals surface area contributed by atoms with Gasteiger partial charge in [0.05, 0.1) is 25.9 Å². The lowest BCUT2D eigenvalue weighted by Gasteiger charge is -2.23. The van der Waals surface area contributed by atoms with E-state index in [0.717, 1.165) is 19.3 Å². The molecule has 1 aromatic carbocycles. The average Bonchev–Trinajstić information content (AvgIpc) is 3.01. The summed E-state index contributed by atoms with van der Waals surface area (Å²) in [6, 6.07) is 10.1. The van der Waals surface area contributed by atoms with Crippen molar-refractivity contribution in [2.45, 2.75) is 50.7 Å². The van der Waals surface area contributed by atoms with Crippen LogP contribution in [0.15, 0.2) is 42.5 Å². The largest absolute Gasteiger partial charge is 0.471 e. The second-order valence-corrected chi connectivity index (χ2v) is 8.01. The standard InChI is InChI=1S/C23H33NO5S/c1-28-22(27)12-8-3-2-7-11-18-19(21(26)15-20(18)25)16-29-23(30)24-14-13-17-9-5-4-6-10-17/h2,4-7,9-10,18-21,25-26H,3,8,11-16H2,1H3,(H,24,30)/b7-2-/t18-,19-,20+,21-/m1/s1. The molecule has 7 heteroatoms. The number of thiocarbonyl (C=S) groups is 1. The highest BCUT2D eigenvalue weighted by Crippen LogP contribution is 2.35. The van der Waals surface area contributed by atoms with Gasteiger partial charge in [-0.15, -0.1) is 0 Å². The summed E-state index contributed by atoms with van der Waals surface area (Å²) in [7, 11) is 1.39. The van der Waals surface area contributed by atoms with Crippen molar-refractivity contribution in [1.29, 1.82) is 0 Å². The minimum Gasteiger partial charge on any atom is -0.471 e. The van der Waals surface area contributed by atoms with Crippen LogP contribution in [0.3, 0.4) is 0 Å². The Morgan fingerprint density at radius 1 is 1.20 bits per heavy atom. The van der Waals surface area contributed by atoms with Gasteiger partial charge in [-0.05, 0) is 55.8 Å². The Morgan fingerprint density at radius 3 is 2.67 bits per heavy atom. The molecule has 0 saturated heterocycles. The summed E-state index contributed by atoms with van der Waals surface area (Å²) in [5.74, 6) is -0.458. The van der Waals surface area contributed by atoms with E-state index in [4.69, 9.17) is 17.0 Å². The highest BCUT2D eigenvalue weighted by Gasteiger charge is 2.41. The summed E-state index contributed by atoms with van der Waals surface area (Å²) in [6.07, 6.45) is 6.60. The van der Waals surface area contributed by atoms with Crippen molar-refractivity contribution in [3.05, 3.63) is 48.0 Å². The van der Waals surface area contributed by atoms with Crippen LogP contribution in [0.1, 0.15) is 37.7 Å². The SMILES string of the molecule is COC(=O)CCC/C=C\C[C@@H]1[C@@H](COC(=S)NCCc2ccccc2)[C@H](O)C[C@@H]1O. The van der Waals surface area contributed by atoms with Crippen LogP contribution in [0.25, 0.3) is 0 Å². The number of benzene rings is 1. The first kappa shape index (κ1) is 24.3. The number of esters is 1. The zero-order valence-corrected chi connectivity index (χ0v) is 18.4. The number of unbranched alkanes of at least 4 members (excludes halogenated alkanes) is 1. The number of carbonyl (C=O) groups is 1. The van der Waals surface area contributed by atoms with Crippen molar-refractivity contribution >= 4 is 23.4 Å². The number of allylic oxidation sites excluding steroid dienone is 2. The first-order valence-corrected chi connectivity index (χ1v) is 10.9. The molecule has 0 bridgehead atoms. The predicted octanol–water partition coefficient (Wildman–Crippen LogP) is 2.77. The fourth-order valence-corrected chi connectivity index (χ4v) is 3.92. The average molecular weight is 436 g/mol. The van der Waals surface area contributed by atoms with E-state index in [-0.39, 0.29) is 24.4 Å². The molecule has 166 valence electrons. The van der Waals surface area contributed by atoms with E-state index in [0.29, 0.717) is 31.0 Å². The maximum absolute atomic E-state index is 11.1. The lowest BCUT2D eigenvalue weighted by molar-refractivity contribution is -0.140. The van der Waals surface area contributed by atoms with Crippen LogP contribution >= 0.6 is 12.2 Å². The van der Waals surface area contributed by atoms with Gasteiger partial charge < -0.3 is 25.0 Å². The van der Waals surface area contributed by atoms with E-state index in [9.17, 15) is 15.0 Å². The van der Waals surface area contributed by atoms with E-state index in [1.807, 2.05) is 30.4 Å². The first-order chi connectivity index (χ1) is 14.5. The number of ether oxygens (including phenoxy) is 2. The molecule has 0 spiro atoms. The number of rotatable bonds is 11. The quantitative estimate of drug-likeness (QED) is 0.213. The lowest BCUT2D eigenvalue weighted by atomic mass is 9.91. The van der Waals surface area contributed by atoms with Crippen LogP contribution in [0, 0.1) is 11.8 Å². The summed E-state index contributed by atoms with van der Waals surface area (Å²) in [6.45, 7) is 0.951. The number of aliphatic hydroxyl groups excluding tert-OH is 2. The molecule has 2 rings (SSSR count). The van der Waals surface area contributed by atoms with E-state index in [1.54, 1.807) is 0 Å². The minimum atomic E-state index is -0.607. The van der Waals surface area contributed by atoms with Crippen LogP contribution in [-0.2, 0) is 20.7 Å². The zero-order valence-electron chi connectivity index (χ0n) is 17.5. The van der Waals surface area contributed by atoms with E-state index >= 15 is 0 Å². The van der Waals surface area contributed by atoms with Crippen molar-refractivity contribution in [2.24, 2.45) is 11.8 Å². The zero-order chi connectivity index (χ0) is 21.8. The van der Waals surface area contributed by atoms with Gasteiger partial charge in [-0.25, -0.2) is 0 Å². The smallest absolute Gasteiger partial charge is 0.305 e. The van der Waals surface area contributed by atoms with Crippen molar-refractivity contribution in [2.75, 3.05) is 20.3 Å². The van der Waals surface area contributed by atoms with Gasteiger partial charge in [-0.3, -0.25) is 4.79 Å². The fraction of sp³-hybridized carbons (Fsp3) is 0.565. The van der Waals surface area contributed by atoms with Gasteiger partial charge in [0.2, 0.25) is 0 Å². The topological polar surface area (TPSA) is 88.0 Å². The molecule has 0 aromatic heterocycles. The molecule has 0 aliphatic heterocycles. The number of methoxy groups -OCH3 is 1. The Hall–Kier alpha value is -1.96. The molecular formula is C23H33NO5S. The number of hydrogen-bond acceptors (Lipinski definition) is 6. The van der Waals surface area contributed by atoms with Gasteiger partial charge in [0.15, 0.2) is 0 Å². The van der Waals surface area contributed by atoms with Crippen LogP contribution in [0.2, 0.25) is 0 Å². The molecule has 1 aliphatic rings. The van der Waals surface area contributed by atoms with Gasteiger partial charge in [0.25, 0.3) is 5.17 Å². The highest BCUT2D eigenvalue weighted by molar-refractivity contribution is 7.80. The number of carbonyl (C=O) groups excluding carboxylic acids is 1. The Morgan fingerprint density at radius 2 is 1.93 bits per heavy atom. The number of hydrogen-bond donors (Lipinski definition) is 3. The third-order valence-electron chi connectivity index (χ3n) is 5.51. The third-order valence-corrected chi connectivity index (χ3v) is 5.77. The summed E-state index contributed by atoms with van der Waals surface area (Å²) in [5, 5.41) is 24.0. The molecule has 3 N–H and O–H groups in total. The summed E-state index contributed by atoms with van der Waals surface area (Å²) in [4.78, 5) is 11.1. The molecular weight excluding hydrogens is 402 g/mol. The Balaban J connectivity index is 1.70. The fourth-order valence-electron chi connectivity index (χ4n) is 3.75. The third kappa shape index (κ3) is 8.42. The van der Waals surface area contributed by atoms with Crippen LogP contribution in [0.5, 0.6) is 0 Å². The predicted molar refractivity (Wildman–Crippen MR) is 120 cm³/mol. The molecule has 1 aliphatic carbocycles. The van der Waals surface area contributed by atoms with Gasteiger partial charge in [-0.1, -0.05) is 42.5 Å². The van der Waals surface area contributed by atoms with E-state index in [1.165, 1.54) is 12.7 Å². The molecule has 4 atom stereocenters. The van der Waals surface area contributed by atoms with Crippen molar-refractivity contribution < 1.29 is 24.5 Å². The monoisotopic (exact) mass is 435 g/mol. The summed E-state index contributed by atoms with van der Waals surface area (Å²) < 4.78 is 10.3. The van der Waals surface area contributed by atoms with Gasteiger partial charge in [-0.2, -0.15) is 0 Å². The molecule has 1 aromatic rings. The van der Waals surface area contributed by atoms with Gasteiger partial charge in [0.1, 0.15) is 0 Å². The second-order valence-electron chi connectivity index (χ2n) is 7.63. The maximum Gasteiger partial charge on any atom is 0.305 e. The van der Waals surface area contributed by atoms with Crippen LogP contribution in [-0.4, -0.2) is 53.8 Å². The second kappa shape index (κ2) is 13.4. The Kier molecular flexibility index (Phi) is 10.8. The molecule has 0 heterocycles. The van der Waals surface area contributed by atoms with Gasteiger partial charge in [0, 0.05) is 18.9 Å². The molecule has 1 saturated carbocycles. The van der Waals surface area contributed by atoms with Crippen molar-refractivity contribution in [1.82, 2.24) is 5.32 Å². The van der Waals surface area contributed by atoms with Crippen LogP contribution < -0.4 is 5.32 Å². The molecule has 0 unspecified atom stereocenters. The van der Waals surface area contributed by atoms with E-state index in [2.05, 4.69) is 22.2 Å². The minimum absolute atomic E-state index is 0.0797. The number of aliphatic hydroxyl groups is 2. The lowest BCUT2D eigenvalue weighted by Crippen LogP contribution is -2.32. The number of nitrogens with one attached hydrogen (secondary N) is 1. The first-order valence-electron chi connectivity index (χ1n) is 10.5. The maximum atomic E-state index is 11.1. The van der Waals surface area contributed by atoms with Crippen molar-refractivity contribution in [3.63, 3.8) is 0 Å². The molecule has 1 fully saturated rings. The summed E-state index contributed by atoms with van der Waals surface area (Å²) >= 11 is 5.25. The molecule has 30 heavy (non-hydrogen) atoms. The molecule has 6 nitrogen and oxygen atoms in total. The molecule has 0 radical (unpaired) electrons. The van der Waals surface area contributed by atoms with Crippen LogP contribution in [0.4, 0.5) is 0 Å².